The van der Waals surface area contributed by atoms with Crippen LogP contribution in [0.15, 0.2) is 18.2 Å². The summed E-state index contributed by atoms with van der Waals surface area (Å²) < 4.78 is 12.0. The number of carbonyl (C=O) groups is 1. The molecule has 1 aromatic heterocycles. The van der Waals surface area contributed by atoms with Crippen LogP contribution in [0.25, 0.3) is 10.1 Å². The first-order valence-electron chi connectivity index (χ1n) is 5.86. The van der Waals surface area contributed by atoms with E-state index in [1.165, 1.54) is 11.3 Å². The number of anilines is 1. The van der Waals surface area contributed by atoms with Crippen LogP contribution in [0.5, 0.6) is 0 Å². The van der Waals surface area contributed by atoms with E-state index in [4.69, 9.17) is 5.73 Å². The lowest BCUT2D eigenvalue weighted by Crippen LogP contribution is -2.27. The van der Waals surface area contributed by atoms with Crippen LogP contribution in [0.2, 0.25) is 0 Å². The van der Waals surface area contributed by atoms with Crippen molar-refractivity contribution in [3.8, 4) is 0 Å². The van der Waals surface area contributed by atoms with Crippen molar-refractivity contribution in [3.63, 3.8) is 0 Å². The van der Waals surface area contributed by atoms with Crippen molar-refractivity contribution in [2.24, 2.45) is 0 Å². The van der Waals surface area contributed by atoms with Gasteiger partial charge in [-0.3, -0.25) is 9.00 Å². The lowest BCUT2D eigenvalue weighted by Gasteiger charge is -2.02. The topological polar surface area (TPSA) is 72.2 Å². The summed E-state index contributed by atoms with van der Waals surface area (Å²) in [5.74, 6) is 0.261. The van der Waals surface area contributed by atoms with Crippen LogP contribution in [-0.2, 0) is 10.8 Å². The molecule has 1 aromatic carbocycles. The summed E-state index contributed by atoms with van der Waals surface area (Å²) in [6.45, 7) is 2.40. The number of hydrogen-bond acceptors (Lipinski definition) is 4. The molecule has 4 nitrogen and oxygen atoms in total. The highest BCUT2D eigenvalue weighted by molar-refractivity contribution is 7.84. The highest BCUT2D eigenvalue weighted by Crippen LogP contribution is 2.33. The molecule has 3 N–H and O–H groups in total. The lowest BCUT2D eigenvalue weighted by atomic mass is 10.1. The predicted octanol–water partition coefficient (Wildman–Crippen LogP) is 1.90. The van der Waals surface area contributed by atoms with Gasteiger partial charge in [-0.05, 0) is 18.6 Å². The fourth-order valence-corrected chi connectivity index (χ4v) is 3.31. The monoisotopic (exact) mass is 296 g/mol. The molecule has 19 heavy (non-hydrogen) atoms. The van der Waals surface area contributed by atoms with E-state index in [0.717, 1.165) is 15.6 Å². The molecule has 0 spiro atoms. The number of nitrogen functional groups attached to an aromatic ring is 1. The minimum Gasteiger partial charge on any atom is -0.397 e. The average Bonchev–Trinajstić information content (AvgIpc) is 2.65. The van der Waals surface area contributed by atoms with Gasteiger partial charge in [0.15, 0.2) is 0 Å². The Labute approximate surface area is 118 Å². The second-order valence-electron chi connectivity index (χ2n) is 4.38. The highest BCUT2D eigenvalue weighted by Gasteiger charge is 2.15. The molecule has 0 radical (unpaired) electrons. The van der Waals surface area contributed by atoms with Gasteiger partial charge in [0, 0.05) is 39.4 Å². The number of amides is 1. The van der Waals surface area contributed by atoms with Gasteiger partial charge >= 0.3 is 0 Å². The Kier molecular flexibility index (Phi) is 4.21. The molecular formula is C13H16N2O2S2. The van der Waals surface area contributed by atoms with Crippen LogP contribution < -0.4 is 11.1 Å². The van der Waals surface area contributed by atoms with Crippen LogP contribution in [-0.4, -0.2) is 28.7 Å². The average molecular weight is 296 g/mol. The maximum atomic E-state index is 12.0. The maximum Gasteiger partial charge on any atom is 0.263 e. The zero-order chi connectivity index (χ0) is 14.0. The number of fused-ring (bicyclic) bond motifs is 1. The van der Waals surface area contributed by atoms with Gasteiger partial charge in [-0.1, -0.05) is 12.1 Å². The van der Waals surface area contributed by atoms with Gasteiger partial charge in [-0.2, -0.15) is 0 Å². The number of carbonyl (C=O) groups excluding carboxylic acids is 1. The van der Waals surface area contributed by atoms with Gasteiger partial charge in [0.25, 0.3) is 5.91 Å². The van der Waals surface area contributed by atoms with Crippen molar-refractivity contribution >= 4 is 43.8 Å². The quantitative estimate of drug-likeness (QED) is 0.905. The van der Waals surface area contributed by atoms with E-state index < -0.39 is 10.8 Å². The van der Waals surface area contributed by atoms with E-state index in [-0.39, 0.29) is 5.91 Å². The van der Waals surface area contributed by atoms with Crippen molar-refractivity contribution in [3.05, 3.63) is 28.6 Å². The van der Waals surface area contributed by atoms with Crippen LogP contribution in [0, 0.1) is 6.92 Å². The third-order valence-electron chi connectivity index (χ3n) is 2.77. The first-order valence-corrected chi connectivity index (χ1v) is 8.40. The van der Waals surface area contributed by atoms with Crippen LogP contribution in [0.1, 0.15) is 15.2 Å². The van der Waals surface area contributed by atoms with Crippen molar-refractivity contribution < 1.29 is 9.00 Å². The van der Waals surface area contributed by atoms with Gasteiger partial charge in [0.1, 0.15) is 4.88 Å². The SMILES string of the molecule is Cc1ccc2c(N)c(C(=O)NCCS(C)=O)sc2c1. The normalized spacial score (nSPS) is 12.5. The van der Waals surface area contributed by atoms with Crippen LogP contribution >= 0.6 is 11.3 Å². The summed E-state index contributed by atoms with van der Waals surface area (Å²) in [4.78, 5) is 12.6. The van der Waals surface area contributed by atoms with Gasteiger partial charge in [0.2, 0.25) is 0 Å². The number of nitrogens with one attached hydrogen (secondary N) is 1. The summed E-state index contributed by atoms with van der Waals surface area (Å²) >= 11 is 1.39. The first kappa shape index (κ1) is 14.0. The van der Waals surface area contributed by atoms with E-state index in [1.54, 1.807) is 6.26 Å². The maximum absolute atomic E-state index is 12.0. The first-order chi connectivity index (χ1) is 8.99. The van der Waals surface area contributed by atoms with Gasteiger partial charge < -0.3 is 11.1 Å². The molecule has 1 amide bonds. The molecule has 2 aromatic rings. The Balaban J connectivity index is 2.22. The number of benzene rings is 1. The van der Waals surface area contributed by atoms with E-state index >= 15 is 0 Å². The molecule has 0 saturated carbocycles. The zero-order valence-electron chi connectivity index (χ0n) is 10.9. The van der Waals surface area contributed by atoms with E-state index in [9.17, 15) is 9.00 Å². The third kappa shape index (κ3) is 3.13. The van der Waals surface area contributed by atoms with E-state index in [2.05, 4.69) is 5.32 Å². The molecule has 0 aliphatic heterocycles. The molecule has 0 fully saturated rings. The number of hydrogen-bond donors (Lipinski definition) is 2. The van der Waals surface area contributed by atoms with Gasteiger partial charge in [-0.15, -0.1) is 11.3 Å². The third-order valence-corrected chi connectivity index (χ3v) is 4.71. The Bertz CT molecular complexity index is 649. The molecule has 0 bridgehead atoms. The van der Waals surface area contributed by atoms with Crippen molar-refractivity contribution in [2.75, 3.05) is 24.3 Å². The van der Waals surface area contributed by atoms with E-state index in [0.29, 0.717) is 22.9 Å². The zero-order valence-corrected chi connectivity index (χ0v) is 12.5. The fourth-order valence-electron chi connectivity index (χ4n) is 1.78. The summed E-state index contributed by atoms with van der Waals surface area (Å²) in [6, 6.07) is 5.94. The number of thiophene rings is 1. The molecule has 1 atom stereocenters. The van der Waals surface area contributed by atoms with Gasteiger partial charge in [0.05, 0.1) is 5.69 Å². The number of aryl methyl sites for hydroxylation is 1. The molecular weight excluding hydrogens is 280 g/mol. The standard InChI is InChI=1S/C13H16N2O2S2/c1-8-3-4-9-10(7-8)18-12(11(9)14)13(16)15-5-6-19(2)17/h3-4,7H,5-6,14H2,1-2H3,(H,15,16). The van der Waals surface area contributed by atoms with Crippen LogP contribution in [0.4, 0.5) is 5.69 Å². The van der Waals surface area contributed by atoms with E-state index in [1.807, 2.05) is 25.1 Å². The molecule has 1 unspecified atom stereocenters. The fraction of sp³-hybridized carbons (Fsp3) is 0.308. The smallest absolute Gasteiger partial charge is 0.263 e. The summed E-state index contributed by atoms with van der Waals surface area (Å²) in [5.41, 5.74) is 7.68. The summed E-state index contributed by atoms with van der Waals surface area (Å²) in [6.07, 6.45) is 1.61. The molecule has 102 valence electrons. The molecule has 1 heterocycles. The van der Waals surface area contributed by atoms with Crippen molar-refractivity contribution in [1.82, 2.24) is 5.32 Å². The number of rotatable bonds is 4. The van der Waals surface area contributed by atoms with Crippen LogP contribution in [0.3, 0.4) is 0 Å². The van der Waals surface area contributed by atoms with Crippen molar-refractivity contribution in [2.45, 2.75) is 6.92 Å². The minimum atomic E-state index is -0.904. The second kappa shape index (κ2) is 5.71. The Hall–Kier alpha value is -1.40. The Morgan fingerprint density at radius 2 is 2.21 bits per heavy atom. The van der Waals surface area contributed by atoms with Gasteiger partial charge in [-0.25, -0.2) is 0 Å². The largest absolute Gasteiger partial charge is 0.397 e. The molecule has 0 aliphatic rings. The molecule has 0 aliphatic carbocycles. The van der Waals surface area contributed by atoms with Crippen molar-refractivity contribution in [1.29, 1.82) is 0 Å². The minimum absolute atomic E-state index is 0.193. The summed E-state index contributed by atoms with van der Waals surface area (Å²) in [5, 5.41) is 3.66. The highest BCUT2D eigenvalue weighted by atomic mass is 32.2. The molecule has 2 rings (SSSR count). The summed E-state index contributed by atoms with van der Waals surface area (Å²) in [7, 11) is -0.904. The molecule has 6 heteroatoms. The number of nitrogens with two attached hydrogens (primary N) is 1. The Morgan fingerprint density at radius 3 is 2.89 bits per heavy atom. The predicted molar refractivity (Wildman–Crippen MR) is 82.2 cm³/mol. The molecule has 0 saturated heterocycles. The Morgan fingerprint density at radius 1 is 1.47 bits per heavy atom. The second-order valence-corrected chi connectivity index (χ2v) is 6.98. The lowest BCUT2D eigenvalue weighted by molar-refractivity contribution is 0.0961.